The van der Waals surface area contributed by atoms with Gasteiger partial charge in [0.05, 0.1) is 12.7 Å². The topological polar surface area (TPSA) is 64.3 Å². The van der Waals surface area contributed by atoms with Crippen molar-refractivity contribution in [3.05, 3.63) is 58.6 Å². The Hall–Kier alpha value is -2.20. The van der Waals surface area contributed by atoms with Crippen LogP contribution in [-0.2, 0) is 6.54 Å². The van der Waals surface area contributed by atoms with Crippen LogP contribution in [0.25, 0.3) is 0 Å². The zero-order valence-corrected chi connectivity index (χ0v) is 11.8. The molecule has 0 atom stereocenters. The van der Waals surface area contributed by atoms with E-state index >= 15 is 0 Å². The summed E-state index contributed by atoms with van der Waals surface area (Å²) in [6.07, 6.45) is 0. The Morgan fingerprint density at radius 1 is 1.30 bits per heavy atom. The summed E-state index contributed by atoms with van der Waals surface area (Å²) in [5.41, 5.74) is 7.73. The Kier molecular flexibility index (Phi) is 4.48. The lowest BCUT2D eigenvalue weighted by Gasteiger charge is -2.10. The molecule has 104 valence electrons. The number of carbonyl (C=O) groups is 1. The van der Waals surface area contributed by atoms with Crippen LogP contribution in [-0.4, -0.2) is 13.0 Å². The van der Waals surface area contributed by atoms with Crippen molar-refractivity contribution < 1.29 is 9.53 Å². The number of ether oxygens (including phenoxy) is 1. The van der Waals surface area contributed by atoms with Crippen molar-refractivity contribution in [3.8, 4) is 5.75 Å². The summed E-state index contributed by atoms with van der Waals surface area (Å²) < 4.78 is 5.15. The fourth-order valence-electron chi connectivity index (χ4n) is 1.82. The van der Waals surface area contributed by atoms with Gasteiger partial charge in [-0.2, -0.15) is 0 Å². The number of benzene rings is 2. The van der Waals surface area contributed by atoms with Crippen LogP contribution < -0.4 is 15.8 Å². The van der Waals surface area contributed by atoms with E-state index in [0.717, 1.165) is 5.56 Å². The average Bonchev–Trinajstić information content (AvgIpc) is 2.46. The third-order valence-corrected chi connectivity index (χ3v) is 3.14. The minimum Gasteiger partial charge on any atom is -0.496 e. The molecule has 0 radical (unpaired) electrons. The molecule has 0 aliphatic rings. The van der Waals surface area contributed by atoms with Crippen molar-refractivity contribution in [2.75, 3.05) is 12.8 Å². The lowest BCUT2D eigenvalue weighted by atomic mass is 10.1. The van der Waals surface area contributed by atoms with Gasteiger partial charge in [-0.15, -0.1) is 0 Å². The molecule has 4 nitrogen and oxygen atoms in total. The highest BCUT2D eigenvalue weighted by Gasteiger charge is 2.12. The highest BCUT2D eigenvalue weighted by molar-refractivity contribution is 6.31. The number of halogens is 1. The Bertz CT molecular complexity index is 629. The number of anilines is 1. The van der Waals surface area contributed by atoms with Crippen molar-refractivity contribution in [2.45, 2.75) is 6.54 Å². The lowest BCUT2D eigenvalue weighted by molar-refractivity contribution is 0.0948. The van der Waals surface area contributed by atoms with E-state index in [1.165, 1.54) is 7.11 Å². The van der Waals surface area contributed by atoms with Crippen LogP contribution in [0.1, 0.15) is 15.9 Å². The summed E-state index contributed by atoms with van der Waals surface area (Å²) in [4.78, 5) is 12.2. The second kappa shape index (κ2) is 6.30. The first kappa shape index (κ1) is 14.2. The van der Waals surface area contributed by atoms with Crippen molar-refractivity contribution in [1.82, 2.24) is 5.32 Å². The van der Waals surface area contributed by atoms with Gasteiger partial charge < -0.3 is 15.8 Å². The predicted octanol–water partition coefficient (Wildman–Crippen LogP) is 2.86. The Morgan fingerprint density at radius 2 is 2.05 bits per heavy atom. The van der Waals surface area contributed by atoms with Gasteiger partial charge in [0.25, 0.3) is 5.91 Å². The van der Waals surface area contributed by atoms with Gasteiger partial charge in [0, 0.05) is 17.3 Å². The van der Waals surface area contributed by atoms with E-state index in [1.807, 2.05) is 18.2 Å². The molecule has 0 heterocycles. The molecule has 20 heavy (non-hydrogen) atoms. The summed E-state index contributed by atoms with van der Waals surface area (Å²) in [5, 5.41) is 3.28. The maximum atomic E-state index is 12.2. The molecule has 5 heteroatoms. The van der Waals surface area contributed by atoms with Crippen LogP contribution in [0.2, 0.25) is 5.02 Å². The maximum Gasteiger partial charge on any atom is 0.255 e. The largest absolute Gasteiger partial charge is 0.496 e. The van der Waals surface area contributed by atoms with E-state index in [9.17, 15) is 4.79 Å². The van der Waals surface area contributed by atoms with E-state index in [0.29, 0.717) is 28.6 Å². The zero-order valence-electron chi connectivity index (χ0n) is 11.0. The first-order chi connectivity index (χ1) is 9.61. The number of methoxy groups -OCH3 is 1. The standard InChI is InChI=1S/C15H15ClN2O2/c1-20-14-7-6-11(16)8-12(14)15(19)18-9-10-4-2-3-5-13(10)17/h2-8H,9,17H2,1H3,(H,18,19). The van der Waals surface area contributed by atoms with Crippen molar-refractivity contribution in [1.29, 1.82) is 0 Å². The van der Waals surface area contributed by atoms with E-state index in [4.69, 9.17) is 22.1 Å². The van der Waals surface area contributed by atoms with Gasteiger partial charge in [0.1, 0.15) is 5.75 Å². The van der Waals surface area contributed by atoms with E-state index in [-0.39, 0.29) is 5.91 Å². The fraction of sp³-hybridized carbons (Fsp3) is 0.133. The quantitative estimate of drug-likeness (QED) is 0.851. The third kappa shape index (κ3) is 3.22. The first-order valence-corrected chi connectivity index (χ1v) is 6.44. The minimum absolute atomic E-state index is 0.257. The molecule has 0 saturated carbocycles. The maximum absolute atomic E-state index is 12.2. The molecule has 0 unspecified atom stereocenters. The van der Waals surface area contributed by atoms with E-state index < -0.39 is 0 Å². The summed E-state index contributed by atoms with van der Waals surface area (Å²) >= 11 is 5.90. The van der Waals surface area contributed by atoms with Gasteiger partial charge in [-0.1, -0.05) is 29.8 Å². The SMILES string of the molecule is COc1ccc(Cl)cc1C(=O)NCc1ccccc1N. The summed E-state index contributed by atoms with van der Waals surface area (Å²) in [6, 6.07) is 12.3. The molecular formula is C15H15ClN2O2. The third-order valence-electron chi connectivity index (χ3n) is 2.90. The molecule has 0 aliphatic carbocycles. The molecule has 0 bridgehead atoms. The molecule has 0 saturated heterocycles. The normalized spacial score (nSPS) is 10.1. The highest BCUT2D eigenvalue weighted by atomic mass is 35.5. The fourth-order valence-corrected chi connectivity index (χ4v) is 2.00. The van der Waals surface area contributed by atoms with Gasteiger partial charge in [-0.05, 0) is 29.8 Å². The summed E-state index contributed by atoms with van der Waals surface area (Å²) in [6.45, 7) is 0.348. The lowest BCUT2D eigenvalue weighted by Crippen LogP contribution is -2.23. The molecule has 2 aromatic rings. The smallest absolute Gasteiger partial charge is 0.255 e. The molecule has 0 fully saturated rings. The zero-order chi connectivity index (χ0) is 14.5. The van der Waals surface area contributed by atoms with Crippen LogP contribution in [0.15, 0.2) is 42.5 Å². The van der Waals surface area contributed by atoms with Gasteiger partial charge in [0.15, 0.2) is 0 Å². The minimum atomic E-state index is -0.257. The number of nitrogens with one attached hydrogen (secondary N) is 1. The van der Waals surface area contributed by atoms with Crippen LogP contribution in [0, 0.1) is 0 Å². The molecule has 2 aromatic carbocycles. The molecule has 0 spiro atoms. The average molecular weight is 291 g/mol. The monoisotopic (exact) mass is 290 g/mol. The number of hydrogen-bond donors (Lipinski definition) is 2. The van der Waals surface area contributed by atoms with Crippen LogP contribution in [0.3, 0.4) is 0 Å². The number of nitrogens with two attached hydrogens (primary N) is 1. The predicted molar refractivity (Wildman–Crippen MR) is 80.0 cm³/mol. The van der Waals surface area contributed by atoms with Crippen molar-refractivity contribution >= 4 is 23.2 Å². The van der Waals surface area contributed by atoms with Crippen molar-refractivity contribution in [3.63, 3.8) is 0 Å². The Morgan fingerprint density at radius 3 is 2.75 bits per heavy atom. The summed E-state index contributed by atoms with van der Waals surface area (Å²) in [7, 11) is 1.51. The Labute approximate surface area is 122 Å². The van der Waals surface area contributed by atoms with Crippen molar-refractivity contribution in [2.24, 2.45) is 0 Å². The second-order valence-corrected chi connectivity index (χ2v) is 4.66. The van der Waals surface area contributed by atoms with Crippen LogP contribution in [0.5, 0.6) is 5.75 Å². The number of rotatable bonds is 4. The van der Waals surface area contributed by atoms with Gasteiger partial charge in [0.2, 0.25) is 0 Å². The van der Waals surface area contributed by atoms with E-state index in [2.05, 4.69) is 5.32 Å². The highest BCUT2D eigenvalue weighted by Crippen LogP contribution is 2.22. The summed E-state index contributed by atoms with van der Waals surface area (Å²) in [5.74, 6) is 0.223. The number of hydrogen-bond acceptors (Lipinski definition) is 3. The van der Waals surface area contributed by atoms with Gasteiger partial charge in [-0.25, -0.2) is 0 Å². The van der Waals surface area contributed by atoms with Crippen LogP contribution >= 0.6 is 11.6 Å². The molecule has 1 amide bonds. The van der Waals surface area contributed by atoms with Crippen LogP contribution in [0.4, 0.5) is 5.69 Å². The molecule has 0 aromatic heterocycles. The first-order valence-electron chi connectivity index (χ1n) is 6.07. The number of amides is 1. The number of para-hydroxylation sites is 1. The van der Waals surface area contributed by atoms with Gasteiger partial charge >= 0.3 is 0 Å². The molecule has 0 aliphatic heterocycles. The molecule has 2 rings (SSSR count). The second-order valence-electron chi connectivity index (χ2n) is 4.23. The molecule has 3 N–H and O–H groups in total. The number of carbonyl (C=O) groups excluding carboxylic acids is 1. The number of nitrogen functional groups attached to an aromatic ring is 1. The van der Waals surface area contributed by atoms with Gasteiger partial charge in [-0.3, -0.25) is 4.79 Å². The Balaban J connectivity index is 2.13. The van der Waals surface area contributed by atoms with E-state index in [1.54, 1.807) is 24.3 Å². The molecular weight excluding hydrogens is 276 g/mol.